The van der Waals surface area contributed by atoms with Crippen LogP contribution in [0.15, 0.2) is 9.98 Å². The molecular weight excluding hydrogens is 184 g/mol. The minimum Gasteiger partial charge on any atom is -0.358 e. The third-order valence-electron chi connectivity index (χ3n) is 1.46. The fraction of sp³-hybridized carbons (Fsp3) is 0. The van der Waals surface area contributed by atoms with Crippen LogP contribution < -0.4 is 11.0 Å². The molecule has 0 saturated carbocycles. The van der Waals surface area contributed by atoms with Crippen molar-refractivity contribution >= 4 is 11.8 Å². The van der Waals surface area contributed by atoms with Crippen LogP contribution in [0.3, 0.4) is 0 Å². The van der Waals surface area contributed by atoms with Crippen molar-refractivity contribution in [2.75, 3.05) is 0 Å². The second-order valence-corrected chi connectivity index (χ2v) is 2.27. The zero-order chi connectivity index (χ0) is 10.1. The summed E-state index contributed by atoms with van der Waals surface area (Å²) in [5, 5.41) is 8.59. The zero-order valence-electron chi connectivity index (χ0n) is 6.59. The van der Waals surface area contributed by atoms with Crippen molar-refractivity contribution in [3.8, 4) is 6.07 Å². The largest absolute Gasteiger partial charge is 0.373 e. The van der Waals surface area contributed by atoms with Gasteiger partial charge in [-0.05, 0) is 0 Å². The van der Waals surface area contributed by atoms with Gasteiger partial charge in [-0.15, -0.1) is 4.99 Å². The molecule has 0 fully saturated rings. The van der Waals surface area contributed by atoms with E-state index in [9.17, 15) is 4.79 Å². The molecule has 0 atom stereocenters. The van der Waals surface area contributed by atoms with Gasteiger partial charge in [0, 0.05) is 0 Å². The smallest absolute Gasteiger partial charge is 0.358 e. The summed E-state index contributed by atoms with van der Waals surface area (Å²) >= 11 is 0. The molecule has 0 radical (unpaired) electrons. The van der Waals surface area contributed by atoms with Crippen LogP contribution in [0, 0.1) is 17.9 Å². The molecule has 1 aromatic heterocycles. The Hall–Kier alpha value is -2.67. The first-order valence-corrected chi connectivity index (χ1v) is 3.41. The van der Waals surface area contributed by atoms with E-state index in [2.05, 4.69) is 24.8 Å². The lowest BCUT2D eigenvalue weighted by Gasteiger charge is -1.87. The van der Waals surface area contributed by atoms with Crippen molar-refractivity contribution in [3.63, 3.8) is 0 Å². The zero-order valence-corrected chi connectivity index (χ0v) is 6.59. The lowest BCUT2D eigenvalue weighted by Crippen LogP contribution is -2.29. The Morgan fingerprint density at radius 3 is 2.50 bits per heavy atom. The summed E-state index contributed by atoms with van der Waals surface area (Å²) in [4.78, 5) is 27.9. The van der Waals surface area contributed by atoms with Gasteiger partial charge in [-0.3, -0.25) is 0 Å². The molecule has 0 aromatic carbocycles. The molecule has 14 heavy (non-hydrogen) atoms. The Balaban J connectivity index is 2.89. The quantitative estimate of drug-likeness (QED) is 0.496. The summed E-state index contributed by atoms with van der Waals surface area (Å²) in [6.07, 6.45) is 0. The molecular formula is C7N6O. The maximum atomic E-state index is 10.7. The van der Waals surface area contributed by atoms with E-state index in [1.165, 1.54) is 0 Å². The lowest BCUT2D eigenvalue weighted by molar-refractivity contribution is 0.256. The number of aromatic nitrogens is 2. The van der Waals surface area contributed by atoms with Crippen LogP contribution in [0.25, 0.3) is 4.85 Å². The molecule has 0 saturated heterocycles. The Morgan fingerprint density at radius 2 is 1.93 bits per heavy atom. The summed E-state index contributed by atoms with van der Waals surface area (Å²) in [6, 6.07) is 0.974. The van der Waals surface area contributed by atoms with Crippen molar-refractivity contribution in [2.24, 2.45) is 9.98 Å². The van der Waals surface area contributed by atoms with Crippen molar-refractivity contribution in [1.82, 2.24) is 9.97 Å². The van der Waals surface area contributed by atoms with Crippen molar-refractivity contribution in [1.29, 1.82) is 5.26 Å². The van der Waals surface area contributed by atoms with E-state index in [-0.39, 0.29) is 22.5 Å². The van der Waals surface area contributed by atoms with E-state index < -0.39 is 6.03 Å². The standard InChI is InChI=1S/C7N6O/c1-9-4-3(2-8)10-5-6(11-4)13-7(14)12-5. The molecule has 2 rings (SSSR count). The molecule has 0 N–H and O–H groups in total. The highest BCUT2D eigenvalue weighted by Crippen LogP contribution is 2.07. The molecule has 2 amide bonds. The van der Waals surface area contributed by atoms with Crippen molar-refractivity contribution in [2.45, 2.75) is 0 Å². The molecule has 1 aromatic rings. The molecule has 1 aliphatic heterocycles. The Kier molecular flexibility index (Phi) is 1.52. The van der Waals surface area contributed by atoms with Gasteiger partial charge in [-0.25, -0.2) is 9.78 Å². The Bertz CT molecular complexity index is 577. The summed E-state index contributed by atoms with van der Waals surface area (Å²) < 4.78 is 0. The van der Waals surface area contributed by atoms with Gasteiger partial charge in [-0.2, -0.15) is 10.3 Å². The number of hydrogen-bond donors (Lipinski definition) is 0. The lowest BCUT2D eigenvalue weighted by atomic mass is 10.4. The number of rotatable bonds is 0. The SMILES string of the molecule is [C-]#[N+]c1nc2c(nc1C#N)=NC(=O)N=2. The fourth-order valence-corrected chi connectivity index (χ4v) is 0.918. The van der Waals surface area contributed by atoms with Crippen LogP contribution in [-0.2, 0) is 0 Å². The molecule has 0 bridgehead atoms. The minimum atomic E-state index is -0.717. The summed E-state index contributed by atoms with van der Waals surface area (Å²) in [5.41, 5.74) is -0.147. The van der Waals surface area contributed by atoms with Gasteiger partial charge in [-0.1, -0.05) is 11.6 Å². The number of carbonyl (C=O) groups excluding carboxylic acids is 1. The van der Waals surface area contributed by atoms with Crippen LogP contribution in [0.5, 0.6) is 0 Å². The number of amides is 2. The van der Waals surface area contributed by atoms with Crippen LogP contribution in [0.4, 0.5) is 10.6 Å². The topological polar surface area (TPSA) is 95.7 Å². The fourth-order valence-electron chi connectivity index (χ4n) is 0.918. The van der Waals surface area contributed by atoms with Crippen LogP contribution in [-0.4, -0.2) is 16.0 Å². The van der Waals surface area contributed by atoms with Crippen molar-refractivity contribution in [3.05, 3.63) is 28.1 Å². The third kappa shape index (κ3) is 1.01. The van der Waals surface area contributed by atoms with Gasteiger partial charge in [0.05, 0.1) is 0 Å². The average Bonchev–Trinajstić information content (AvgIpc) is 2.54. The van der Waals surface area contributed by atoms with E-state index >= 15 is 0 Å². The van der Waals surface area contributed by atoms with Crippen molar-refractivity contribution < 1.29 is 4.79 Å². The van der Waals surface area contributed by atoms with E-state index in [4.69, 9.17) is 11.8 Å². The Labute approximate surface area is 76.9 Å². The third-order valence-corrected chi connectivity index (χ3v) is 1.46. The molecule has 0 unspecified atom stereocenters. The summed E-state index contributed by atoms with van der Waals surface area (Å²) in [7, 11) is 0. The maximum Gasteiger partial charge on any atom is 0.373 e. The molecule has 64 valence electrons. The van der Waals surface area contributed by atoms with Crippen LogP contribution in [0.2, 0.25) is 0 Å². The van der Waals surface area contributed by atoms with Gasteiger partial charge in [0.1, 0.15) is 6.07 Å². The molecule has 7 heteroatoms. The second-order valence-electron chi connectivity index (χ2n) is 2.27. The highest BCUT2D eigenvalue weighted by atomic mass is 16.2. The van der Waals surface area contributed by atoms with Crippen LogP contribution in [0.1, 0.15) is 5.69 Å². The monoisotopic (exact) mass is 184 g/mol. The molecule has 0 aliphatic carbocycles. The highest BCUT2D eigenvalue weighted by Gasteiger charge is 2.15. The van der Waals surface area contributed by atoms with Gasteiger partial charge in [0.25, 0.3) is 5.49 Å². The summed E-state index contributed by atoms with van der Waals surface area (Å²) in [6.45, 7) is 6.72. The summed E-state index contributed by atoms with van der Waals surface area (Å²) in [5.74, 6) is -0.167. The van der Waals surface area contributed by atoms with Gasteiger partial charge >= 0.3 is 11.8 Å². The predicted molar refractivity (Wildman–Crippen MR) is 40.7 cm³/mol. The van der Waals surface area contributed by atoms with E-state index in [0.717, 1.165) is 0 Å². The number of fused-ring (bicyclic) bond motifs is 1. The van der Waals surface area contributed by atoms with Gasteiger partial charge < -0.3 is 4.85 Å². The van der Waals surface area contributed by atoms with E-state index in [1.807, 2.05) is 0 Å². The van der Waals surface area contributed by atoms with E-state index in [1.54, 1.807) is 6.07 Å². The number of urea groups is 1. The van der Waals surface area contributed by atoms with Gasteiger partial charge in [0.15, 0.2) is 5.69 Å². The number of hydrogen-bond acceptors (Lipinski definition) is 4. The highest BCUT2D eigenvalue weighted by molar-refractivity contribution is 5.77. The first-order chi connectivity index (χ1) is 6.74. The first kappa shape index (κ1) is 7.95. The number of carbonyl (C=O) groups is 1. The maximum absolute atomic E-state index is 10.7. The normalized spacial score (nSPS) is 12.0. The number of nitrogens with zero attached hydrogens (tertiary/aromatic N) is 6. The molecule has 2 heterocycles. The second kappa shape index (κ2) is 2.68. The average molecular weight is 184 g/mol. The molecule has 1 aliphatic rings. The van der Waals surface area contributed by atoms with E-state index in [0.29, 0.717) is 0 Å². The minimum absolute atomic E-state index is 0.000000000000000222. The van der Waals surface area contributed by atoms with Crippen LogP contribution >= 0.6 is 0 Å². The molecule has 0 spiro atoms. The Morgan fingerprint density at radius 1 is 1.29 bits per heavy atom. The predicted octanol–water partition coefficient (Wildman–Crippen LogP) is -0.728. The number of nitriles is 1. The first-order valence-electron chi connectivity index (χ1n) is 3.41. The van der Waals surface area contributed by atoms with Gasteiger partial charge in [0.2, 0.25) is 5.49 Å². The molecule has 7 nitrogen and oxygen atoms in total.